The van der Waals surface area contributed by atoms with Gasteiger partial charge in [-0.3, -0.25) is 9.69 Å². The number of likely N-dealkylation sites (tertiary alicyclic amines) is 2. The highest BCUT2D eigenvalue weighted by Crippen LogP contribution is 2.33. The molecule has 5 nitrogen and oxygen atoms in total. The van der Waals surface area contributed by atoms with Gasteiger partial charge in [0.1, 0.15) is 17.2 Å². The van der Waals surface area contributed by atoms with Gasteiger partial charge in [0.2, 0.25) is 0 Å². The lowest BCUT2D eigenvalue weighted by molar-refractivity contribution is 0.0726. The van der Waals surface area contributed by atoms with Crippen LogP contribution in [0, 0.1) is 0 Å². The lowest BCUT2D eigenvalue weighted by Crippen LogP contribution is -2.39. The molecule has 0 bridgehead atoms. The lowest BCUT2D eigenvalue weighted by Gasteiger charge is -2.24. The molecule has 0 aromatic carbocycles. The molecule has 2 aromatic rings. The van der Waals surface area contributed by atoms with Crippen LogP contribution < -0.4 is 0 Å². The molecular weight excluding hydrogens is 310 g/mol. The number of aromatic nitrogens is 1. The number of aryl methyl sites for hydroxylation is 1. The first-order chi connectivity index (χ1) is 11.3. The summed E-state index contributed by atoms with van der Waals surface area (Å²) in [7, 11) is 0. The fraction of sp³-hybridized carbons (Fsp3) is 0.529. The first-order valence-corrected chi connectivity index (χ1v) is 9.21. The molecule has 0 spiro atoms. The van der Waals surface area contributed by atoms with Crippen LogP contribution in [0.4, 0.5) is 0 Å². The third-order valence-corrected chi connectivity index (χ3v) is 5.61. The summed E-state index contributed by atoms with van der Waals surface area (Å²) in [5, 5.41) is 1.84. The van der Waals surface area contributed by atoms with Crippen LogP contribution in [0.25, 0.3) is 0 Å². The molecule has 0 N–H and O–H groups in total. The minimum absolute atomic E-state index is 0.0897. The van der Waals surface area contributed by atoms with E-state index in [1.165, 1.54) is 11.3 Å². The van der Waals surface area contributed by atoms with Crippen LogP contribution in [-0.4, -0.2) is 45.9 Å². The molecule has 23 heavy (non-hydrogen) atoms. The Labute approximate surface area is 139 Å². The molecule has 0 saturated carbocycles. The van der Waals surface area contributed by atoms with Gasteiger partial charge in [-0.2, -0.15) is 0 Å². The summed E-state index contributed by atoms with van der Waals surface area (Å²) < 4.78 is 5.85. The number of rotatable bonds is 4. The summed E-state index contributed by atoms with van der Waals surface area (Å²) in [5.41, 5.74) is 2.32. The monoisotopic (exact) mass is 331 g/mol. The number of nitrogens with zero attached hydrogens (tertiary/aromatic N) is 3. The summed E-state index contributed by atoms with van der Waals surface area (Å²) in [6.45, 7) is 4.81. The van der Waals surface area contributed by atoms with Crippen molar-refractivity contribution >= 4 is 17.2 Å². The molecule has 4 heterocycles. The average molecular weight is 331 g/mol. The minimum atomic E-state index is 0.0897. The van der Waals surface area contributed by atoms with Crippen LogP contribution in [0.15, 0.2) is 27.4 Å². The Morgan fingerprint density at radius 1 is 1.30 bits per heavy atom. The van der Waals surface area contributed by atoms with Crippen LogP contribution in [0.5, 0.6) is 0 Å². The van der Waals surface area contributed by atoms with Crippen molar-refractivity contribution in [1.29, 1.82) is 0 Å². The highest BCUT2D eigenvalue weighted by atomic mass is 32.1. The Morgan fingerprint density at radius 3 is 2.87 bits per heavy atom. The minimum Gasteiger partial charge on any atom is -0.465 e. The Morgan fingerprint density at radius 2 is 2.13 bits per heavy atom. The standard InChI is InChI=1S/C17H21N3O2S/c1-2-12-3-4-13(22-12)9-19-7-5-16-15(19)6-8-20(16)17(21)14-10-23-11-18-14/h3-4,10-11,15-16H,2,5-9H2,1H3/t15-,16+/m1/s1. The molecule has 122 valence electrons. The number of thiazole rings is 1. The molecule has 2 fully saturated rings. The number of carbonyl (C=O) groups excluding carboxylic acids is 1. The van der Waals surface area contributed by atoms with E-state index in [9.17, 15) is 4.79 Å². The number of fused-ring (bicyclic) bond motifs is 1. The van der Waals surface area contributed by atoms with E-state index in [4.69, 9.17) is 4.42 Å². The van der Waals surface area contributed by atoms with Crippen LogP contribution in [0.3, 0.4) is 0 Å². The third-order valence-electron chi connectivity index (χ3n) is 5.03. The van der Waals surface area contributed by atoms with Gasteiger partial charge >= 0.3 is 0 Å². The SMILES string of the molecule is CCc1ccc(CN2CC[C@H]3[C@H]2CCN3C(=O)c2cscn2)o1. The highest BCUT2D eigenvalue weighted by molar-refractivity contribution is 7.07. The van der Waals surface area contributed by atoms with E-state index in [0.29, 0.717) is 17.8 Å². The van der Waals surface area contributed by atoms with E-state index < -0.39 is 0 Å². The van der Waals surface area contributed by atoms with Gasteiger partial charge in [-0.25, -0.2) is 4.98 Å². The third kappa shape index (κ3) is 2.70. The molecule has 2 aromatic heterocycles. The van der Waals surface area contributed by atoms with E-state index in [2.05, 4.69) is 28.9 Å². The van der Waals surface area contributed by atoms with Crippen molar-refractivity contribution in [2.75, 3.05) is 13.1 Å². The van der Waals surface area contributed by atoms with Gasteiger partial charge in [0.05, 0.1) is 12.1 Å². The molecule has 6 heteroatoms. The Bertz CT molecular complexity index is 682. The Hall–Kier alpha value is -1.66. The van der Waals surface area contributed by atoms with Crippen molar-refractivity contribution < 1.29 is 9.21 Å². The molecule has 2 aliphatic heterocycles. The maximum absolute atomic E-state index is 12.6. The zero-order valence-electron chi connectivity index (χ0n) is 13.3. The van der Waals surface area contributed by atoms with Crippen molar-refractivity contribution in [3.05, 3.63) is 40.2 Å². The highest BCUT2D eigenvalue weighted by Gasteiger charge is 2.44. The average Bonchev–Trinajstić information content (AvgIpc) is 3.33. The molecule has 0 unspecified atom stereocenters. The first kappa shape index (κ1) is 14.9. The molecule has 2 aliphatic rings. The van der Waals surface area contributed by atoms with Gasteiger partial charge < -0.3 is 9.32 Å². The molecule has 0 aliphatic carbocycles. The molecular formula is C17H21N3O2S. The largest absolute Gasteiger partial charge is 0.465 e. The number of carbonyl (C=O) groups is 1. The smallest absolute Gasteiger partial charge is 0.273 e. The number of furan rings is 1. The van der Waals surface area contributed by atoms with Crippen LogP contribution in [-0.2, 0) is 13.0 Å². The fourth-order valence-electron chi connectivity index (χ4n) is 3.89. The van der Waals surface area contributed by atoms with Crippen LogP contribution >= 0.6 is 11.3 Å². The summed E-state index contributed by atoms with van der Waals surface area (Å²) in [4.78, 5) is 21.3. The number of hydrogen-bond acceptors (Lipinski definition) is 5. The van der Waals surface area contributed by atoms with Crippen molar-refractivity contribution in [3.8, 4) is 0 Å². The van der Waals surface area contributed by atoms with Gasteiger partial charge in [0.15, 0.2) is 0 Å². The predicted octanol–water partition coefficient (Wildman–Crippen LogP) is 2.79. The quantitative estimate of drug-likeness (QED) is 0.864. The molecule has 2 saturated heterocycles. The maximum atomic E-state index is 12.6. The van der Waals surface area contributed by atoms with Gasteiger partial charge in [-0.1, -0.05) is 6.92 Å². The van der Waals surface area contributed by atoms with E-state index in [1.54, 1.807) is 5.51 Å². The Balaban J connectivity index is 1.44. The lowest BCUT2D eigenvalue weighted by atomic mass is 10.1. The normalized spacial score (nSPS) is 24.3. The maximum Gasteiger partial charge on any atom is 0.273 e. The van der Waals surface area contributed by atoms with Gasteiger partial charge in [0, 0.05) is 37.0 Å². The number of amides is 1. The van der Waals surface area contributed by atoms with E-state index >= 15 is 0 Å². The van der Waals surface area contributed by atoms with Crippen molar-refractivity contribution in [1.82, 2.24) is 14.8 Å². The summed E-state index contributed by atoms with van der Waals surface area (Å²) in [5.74, 6) is 2.17. The Kier molecular flexibility index (Phi) is 3.95. The zero-order chi connectivity index (χ0) is 15.8. The van der Waals surface area contributed by atoms with Crippen LogP contribution in [0.1, 0.15) is 41.8 Å². The zero-order valence-corrected chi connectivity index (χ0v) is 14.1. The summed E-state index contributed by atoms with van der Waals surface area (Å²) >= 11 is 1.48. The predicted molar refractivity (Wildman–Crippen MR) is 88.5 cm³/mol. The molecule has 0 radical (unpaired) electrons. The summed E-state index contributed by atoms with van der Waals surface area (Å²) in [6.07, 6.45) is 3.02. The van der Waals surface area contributed by atoms with Crippen molar-refractivity contribution in [2.45, 2.75) is 44.8 Å². The second-order valence-corrected chi connectivity index (χ2v) is 7.00. The van der Waals surface area contributed by atoms with E-state index in [0.717, 1.165) is 50.4 Å². The second-order valence-electron chi connectivity index (χ2n) is 6.28. The molecule has 1 amide bonds. The van der Waals surface area contributed by atoms with Gasteiger partial charge in [-0.05, 0) is 25.0 Å². The number of hydrogen-bond donors (Lipinski definition) is 0. The summed E-state index contributed by atoms with van der Waals surface area (Å²) in [6, 6.07) is 4.92. The topological polar surface area (TPSA) is 49.6 Å². The van der Waals surface area contributed by atoms with Crippen molar-refractivity contribution in [2.24, 2.45) is 0 Å². The first-order valence-electron chi connectivity index (χ1n) is 8.27. The van der Waals surface area contributed by atoms with Crippen LogP contribution in [0.2, 0.25) is 0 Å². The fourth-order valence-corrected chi connectivity index (χ4v) is 4.41. The molecule has 2 atom stereocenters. The van der Waals surface area contributed by atoms with Gasteiger partial charge in [0.25, 0.3) is 5.91 Å². The van der Waals surface area contributed by atoms with Gasteiger partial charge in [-0.15, -0.1) is 11.3 Å². The van der Waals surface area contributed by atoms with E-state index in [1.807, 2.05) is 10.3 Å². The molecule has 4 rings (SSSR count). The van der Waals surface area contributed by atoms with E-state index in [-0.39, 0.29) is 5.91 Å². The van der Waals surface area contributed by atoms with Crippen molar-refractivity contribution in [3.63, 3.8) is 0 Å². The second kappa shape index (κ2) is 6.09.